The van der Waals surface area contributed by atoms with Gasteiger partial charge in [-0.25, -0.2) is 9.79 Å². The first kappa shape index (κ1) is 28.7. The van der Waals surface area contributed by atoms with E-state index in [1.807, 2.05) is 97.1 Å². The van der Waals surface area contributed by atoms with Crippen LogP contribution in [0.1, 0.15) is 35.2 Å². The monoisotopic (exact) mass is 631 g/mol. The SMILES string of the molecule is CCOC(=O)C1=C(c2ccccc2)N=c2s/c(=C3/C(=O)N(Cc4ccc(Cl)cc4)c4ccccc43)c(=O)n2[C@@H]1c1ccccc1. The van der Waals surface area contributed by atoms with Crippen molar-refractivity contribution in [2.75, 3.05) is 11.5 Å². The van der Waals surface area contributed by atoms with Crippen LogP contribution >= 0.6 is 22.9 Å². The van der Waals surface area contributed by atoms with E-state index in [0.29, 0.717) is 33.2 Å². The van der Waals surface area contributed by atoms with Crippen LogP contribution in [-0.4, -0.2) is 23.1 Å². The van der Waals surface area contributed by atoms with E-state index >= 15 is 0 Å². The average molecular weight is 632 g/mol. The fraction of sp³-hybridized carbons (Fsp3) is 0.111. The molecule has 1 atom stereocenters. The molecule has 0 saturated heterocycles. The summed E-state index contributed by atoms with van der Waals surface area (Å²) in [5.41, 5.74) is 4.36. The van der Waals surface area contributed by atoms with Crippen LogP contribution in [-0.2, 0) is 20.9 Å². The minimum atomic E-state index is -0.817. The Labute approximate surface area is 267 Å². The van der Waals surface area contributed by atoms with Gasteiger partial charge in [0.2, 0.25) is 0 Å². The van der Waals surface area contributed by atoms with Crippen LogP contribution in [0.3, 0.4) is 0 Å². The van der Waals surface area contributed by atoms with E-state index in [-0.39, 0.29) is 22.6 Å². The summed E-state index contributed by atoms with van der Waals surface area (Å²) in [5.74, 6) is -0.830. The van der Waals surface area contributed by atoms with Gasteiger partial charge in [0.15, 0.2) is 4.80 Å². The van der Waals surface area contributed by atoms with Crippen molar-refractivity contribution in [2.24, 2.45) is 4.99 Å². The zero-order valence-corrected chi connectivity index (χ0v) is 25.7. The molecule has 5 aromatic rings. The van der Waals surface area contributed by atoms with Gasteiger partial charge in [0.25, 0.3) is 11.5 Å². The van der Waals surface area contributed by atoms with E-state index in [2.05, 4.69) is 0 Å². The second-order valence-corrected chi connectivity index (χ2v) is 12.0. The summed E-state index contributed by atoms with van der Waals surface area (Å²) in [6, 6.07) is 32.7. The highest BCUT2D eigenvalue weighted by atomic mass is 35.5. The number of anilines is 1. The number of hydrogen-bond donors (Lipinski definition) is 0. The number of hydrogen-bond acceptors (Lipinski definition) is 6. The molecular weight excluding hydrogens is 606 g/mol. The van der Waals surface area contributed by atoms with Crippen LogP contribution in [0.25, 0.3) is 11.3 Å². The maximum Gasteiger partial charge on any atom is 0.338 e. The van der Waals surface area contributed by atoms with Gasteiger partial charge >= 0.3 is 5.97 Å². The Morgan fingerprint density at radius 1 is 0.889 bits per heavy atom. The Bertz CT molecular complexity index is 2170. The number of rotatable bonds is 6. The highest BCUT2D eigenvalue weighted by molar-refractivity contribution is 7.07. The highest BCUT2D eigenvalue weighted by Gasteiger charge is 2.38. The summed E-state index contributed by atoms with van der Waals surface area (Å²) in [6.45, 7) is 2.22. The Morgan fingerprint density at radius 2 is 1.56 bits per heavy atom. The van der Waals surface area contributed by atoms with Gasteiger partial charge in [-0.3, -0.25) is 14.2 Å². The molecule has 0 spiro atoms. The molecule has 2 aliphatic rings. The van der Waals surface area contributed by atoms with Gasteiger partial charge < -0.3 is 9.64 Å². The number of ether oxygens (including phenoxy) is 1. The quantitative estimate of drug-likeness (QED) is 0.232. The molecule has 0 fully saturated rings. The van der Waals surface area contributed by atoms with Crippen molar-refractivity contribution in [1.29, 1.82) is 0 Å². The lowest BCUT2D eigenvalue weighted by Gasteiger charge is -2.25. The summed E-state index contributed by atoms with van der Waals surface area (Å²) < 4.78 is 7.34. The van der Waals surface area contributed by atoms with Crippen LogP contribution in [0.15, 0.2) is 125 Å². The van der Waals surface area contributed by atoms with Crippen molar-refractivity contribution in [2.45, 2.75) is 19.5 Å². The number of benzene rings is 4. The molecule has 0 aliphatic carbocycles. The largest absolute Gasteiger partial charge is 0.463 e. The number of para-hydroxylation sites is 1. The molecule has 3 heterocycles. The molecule has 222 valence electrons. The zero-order chi connectivity index (χ0) is 31.1. The van der Waals surface area contributed by atoms with E-state index < -0.39 is 17.6 Å². The van der Waals surface area contributed by atoms with Crippen LogP contribution < -0.4 is 19.8 Å². The minimum Gasteiger partial charge on any atom is -0.463 e. The number of aromatic nitrogens is 1. The van der Waals surface area contributed by atoms with Crippen molar-refractivity contribution in [3.63, 3.8) is 0 Å². The number of nitrogens with zero attached hydrogens (tertiary/aromatic N) is 3. The van der Waals surface area contributed by atoms with Gasteiger partial charge in [-0.2, -0.15) is 0 Å². The Hall–Kier alpha value is -5.05. The van der Waals surface area contributed by atoms with Crippen molar-refractivity contribution >= 4 is 51.8 Å². The molecule has 0 radical (unpaired) electrons. The molecule has 9 heteroatoms. The zero-order valence-electron chi connectivity index (χ0n) is 24.1. The predicted molar refractivity (Wildman–Crippen MR) is 176 cm³/mol. The number of amides is 1. The lowest BCUT2D eigenvalue weighted by Crippen LogP contribution is -2.41. The van der Waals surface area contributed by atoms with Crippen molar-refractivity contribution in [3.8, 4) is 0 Å². The molecule has 0 bridgehead atoms. The second-order valence-electron chi connectivity index (χ2n) is 10.6. The molecule has 2 aliphatic heterocycles. The van der Waals surface area contributed by atoms with Crippen LogP contribution in [0.2, 0.25) is 5.02 Å². The third kappa shape index (κ3) is 5.02. The van der Waals surface area contributed by atoms with Gasteiger partial charge in [0, 0.05) is 16.1 Å². The topological polar surface area (TPSA) is 81.0 Å². The number of halogens is 1. The van der Waals surface area contributed by atoms with Crippen LogP contribution in [0, 0.1) is 0 Å². The van der Waals surface area contributed by atoms with Crippen LogP contribution in [0.5, 0.6) is 0 Å². The normalized spacial score (nSPS) is 16.7. The average Bonchev–Trinajstić information content (AvgIpc) is 3.54. The number of carbonyl (C=O) groups is 2. The first-order chi connectivity index (χ1) is 22.0. The number of fused-ring (bicyclic) bond motifs is 2. The standard InChI is InChI=1S/C36H26ClN3O4S/c1-2-44-35(43)29-30(23-11-5-3-6-12-23)38-36-40(31(29)24-13-7-4-8-14-24)34(42)32(45-36)28-26-15-9-10-16-27(26)39(33(28)41)21-22-17-19-25(37)20-18-22/h3-20,31H,2,21H2,1H3/b32-28+/t31-/m1/s1. The molecular formula is C36H26ClN3O4S. The van der Waals surface area contributed by atoms with Crippen LogP contribution in [0.4, 0.5) is 5.69 Å². The second kappa shape index (κ2) is 11.8. The number of carbonyl (C=O) groups excluding carboxylic acids is 2. The molecule has 1 amide bonds. The van der Waals surface area contributed by atoms with Gasteiger partial charge in [-0.05, 0) is 36.2 Å². The molecule has 1 aromatic heterocycles. The highest BCUT2D eigenvalue weighted by Crippen LogP contribution is 2.38. The fourth-order valence-electron chi connectivity index (χ4n) is 5.87. The maximum absolute atomic E-state index is 14.5. The van der Waals surface area contributed by atoms with E-state index in [1.54, 1.807) is 24.0 Å². The third-order valence-electron chi connectivity index (χ3n) is 7.87. The molecule has 0 saturated carbocycles. The van der Waals surface area contributed by atoms with E-state index in [9.17, 15) is 14.4 Å². The first-order valence-electron chi connectivity index (χ1n) is 14.5. The predicted octanol–water partition coefficient (Wildman–Crippen LogP) is 5.51. The molecule has 7 nitrogen and oxygen atoms in total. The fourth-order valence-corrected chi connectivity index (χ4v) is 7.09. The Morgan fingerprint density at radius 3 is 2.27 bits per heavy atom. The summed E-state index contributed by atoms with van der Waals surface area (Å²) in [4.78, 5) is 49.4. The van der Waals surface area contributed by atoms with Gasteiger partial charge in [0.05, 0.1) is 41.7 Å². The van der Waals surface area contributed by atoms with Crippen molar-refractivity contribution < 1.29 is 14.3 Å². The summed E-state index contributed by atoms with van der Waals surface area (Å²) in [7, 11) is 0. The third-order valence-corrected chi connectivity index (χ3v) is 9.17. The summed E-state index contributed by atoms with van der Waals surface area (Å²) in [6.07, 6.45) is 0. The van der Waals surface area contributed by atoms with E-state index in [1.165, 1.54) is 4.57 Å². The number of esters is 1. The van der Waals surface area contributed by atoms with E-state index in [0.717, 1.165) is 33.7 Å². The van der Waals surface area contributed by atoms with Crippen molar-refractivity contribution in [3.05, 3.63) is 162 Å². The van der Waals surface area contributed by atoms with Crippen molar-refractivity contribution in [1.82, 2.24) is 4.57 Å². The lowest BCUT2D eigenvalue weighted by atomic mass is 9.93. The molecule has 4 aromatic carbocycles. The molecule has 0 unspecified atom stereocenters. The molecule has 45 heavy (non-hydrogen) atoms. The maximum atomic E-state index is 14.5. The summed E-state index contributed by atoms with van der Waals surface area (Å²) >= 11 is 7.26. The first-order valence-corrected chi connectivity index (χ1v) is 15.7. The van der Waals surface area contributed by atoms with Gasteiger partial charge in [0.1, 0.15) is 4.53 Å². The lowest BCUT2D eigenvalue weighted by molar-refractivity contribution is -0.138. The molecule has 7 rings (SSSR count). The summed E-state index contributed by atoms with van der Waals surface area (Å²) in [5, 5.41) is 0.610. The minimum absolute atomic E-state index is 0.162. The van der Waals surface area contributed by atoms with Gasteiger partial charge in [-0.15, -0.1) is 0 Å². The smallest absolute Gasteiger partial charge is 0.338 e. The van der Waals surface area contributed by atoms with Gasteiger partial charge in [-0.1, -0.05) is 114 Å². The number of thiazole rings is 1. The Balaban J connectivity index is 1.49. The van der Waals surface area contributed by atoms with E-state index in [4.69, 9.17) is 21.3 Å². The Kier molecular flexibility index (Phi) is 7.53. The molecule has 0 N–H and O–H groups in total.